The van der Waals surface area contributed by atoms with Gasteiger partial charge in [0, 0.05) is 26.2 Å². The van der Waals surface area contributed by atoms with Gasteiger partial charge in [-0.3, -0.25) is 0 Å². The van der Waals surface area contributed by atoms with Gasteiger partial charge in [0.05, 0.1) is 0 Å². The minimum atomic E-state index is 0.741. The highest BCUT2D eigenvalue weighted by molar-refractivity contribution is 4.87. The molecule has 1 unspecified atom stereocenters. The van der Waals surface area contributed by atoms with E-state index in [-0.39, 0.29) is 0 Å². The predicted molar refractivity (Wildman–Crippen MR) is 50.7 cm³/mol. The summed E-state index contributed by atoms with van der Waals surface area (Å²) in [5, 5.41) is 5.03. The van der Waals surface area contributed by atoms with Crippen molar-refractivity contribution in [1.82, 2.24) is 10.0 Å². The standard InChI is InChI=1S/C10H18N2/c1-2-10-5-8-12(9-10)11-6-3-4-7-11/h2,10H,1,3-9H2. The zero-order valence-corrected chi connectivity index (χ0v) is 7.71. The van der Waals surface area contributed by atoms with Crippen LogP contribution in [-0.4, -0.2) is 36.2 Å². The lowest BCUT2D eigenvalue weighted by Gasteiger charge is -2.26. The highest BCUT2D eigenvalue weighted by Crippen LogP contribution is 2.21. The number of hydrogen-bond acceptors (Lipinski definition) is 2. The average molecular weight is 166 g/mol. The summed E-state index contributed by atoms with van der Waals surface area (Å²) >= 11 is 0. The van der Waals surface area contributed by atoms with Crippen LogP contribution in [-0.2, 0) is 0 Å². The molecule has 0 amide bonds. The molecule has 0 bridgehead atoms. The second-order valence-corrected chi connectivity index (χ2v) is 3.86. The first kappa shape index (κ1) is 8.27. The van der Waals surface area contributed by atoms with E-state index in [1.807, 2.05) is 0 Å². The van der Waals surface area contributed by atoms with Crippen LogP contribution in [0.25, 0.3) is 0 Å². The summed E-state index contributed by atoms with van der Waals surface area (Å²) in [6.45, 7) is 8.88. The van der Waals surface area contributed by atoms with Crippen LogP contribution in [0.15, 0.2) is 12.7 Å². The predicted octanol–water partition coefficient (Wildman–Crippen LogP) is 1.51. The van der Waals surface area contributed by atoms with Crippen LogP contribution in [0.5, 0.6) is 0 Å². The van der Waals surface area contributed by atoms with Crippen molar-refractivity contribution >= 4 is 0 Å². The lowest BCUT2D eigenvalue weighted by molar-refractivity contribution is 0.0196. The normalized spacial score (nSPS) is 32.8. The lowest BCUT2D eigenvalue weighted by Crippen LogP contribution is -2.38. The molecule has 2 nitrogen and oxygen atoms in total. The highest BCUT2D eigenvalue weighted by Gasteiger charge is 2.26. The van der Waals surface area contributed by atoms with Crippen LogP contribution in [0.4, 0.5) is 0 Å². The van der Waals surface area contributed by atoms with Crippen LogP contribution in [0.2, 0.25) is 0 Å². The first-order chi connectivity index (χ1) is 5.90. The Hall–Kier alpha value is -0.340. The molecule has 0 aliphatic carbocycles. The van der Waals surface area contributed by atoms with Crippen molar-refractivity contribution in [3.63, 3.8) is 0 Å². The summed E-state index contributed by atoms with van der Waals surface area (Å²) in [4.78, 5) is 0. The van der Waals surface area contributed by atoms with E-state index >= 15 is 0 Å². The van der Waals surface area contributed by atoms with Crippen molar-refractivity contribution in [3.8, 4) is 0 Å². The van der Waals surface area contributed by atoms with Gasteiger partial charge in [-0.05, 0) is 25.2 Å². The minimum absolute atomic E-state index is 0.741. The van der Waals surface area contributed by atoms with E-state index in [2.05, 4.69) is 22.7 Å². The molecule has 2 rings (SSSR count). The largest absolute Gasteiger partial charge is 0.242 e. The fourth-order valence-corrected chi connectivity index (χ4v) is 2.20. The number of rotatable bonds is 2. The second-order valence-electron chi connectivity index (χ2n) is 3.86. The molecule has 0 aromatic rings. The SMILES string of the molecule is C=CC1CCN(N2CCCC2)C1. The highest BCUT2D eigenvalue weighted by atomic mass is 15.6. The molecule has 0 N–H and O–H groups in total. The van der Waals surface area contributed by atoms with E-state index in [0.717, 1.165) is 5.92 Å². The van der Waals surface area contributed by atoms with Crippen LogP contribution in [0, 0.1) is 5.92 Å². The third kappa shape index (κ3) is 1.54. The van der Waals surface area contributed by atoms with E-state index in [4.69, 9.17) is 0 Å². The van der Waals surface area contributed by atoms with E-state index in [9.17, 15) is 0 Å². The van der Waals surface area contributed by atoms with E-state index in [1.165, 1.54) is 45.4 Å². The average Bonchev–Trinajstić information content (AvgIpc) is 2.75. The van der Waals surface area contributed by atoms with Crippen LogP contribution >= 0.6 is 0 Å². The van der Waals surface area contributed by atoms with Crippen molar-refractivity contribution < 1.29 is 0 Å². The fraction of sp³-hybridized carbons (Fsp3) is 0.800. The van der Waals surface area contributed by atoms with Gasteiger partial charge in [-0.15, -0.1) is 6.58 Å². The molecule has 2 heterocycles. The van der Waals surface area contributed by atoms with Crippen molar-refractivity contribution in [2.24, 2.45) is 5.92 Å². The minimum Gasteiger partial charge on any atom is -0.242 e. The molecule has 2 aliphatic heterocycles. The molecule has 2 fully saturated rings. The number of nitrogens with zero attached hydrogens (tertiary/aromatic N) is 2. The first-order valence-corrected chi connectivity index (χ1v) is 5.02. The lowest BCUT2D eigenvalue weighted by atomic mass is 10.1. The van der Waals surface area contributed by atoms with Crippen LogP contribution in [0.1, 0.15) is 19.3 Å². The van der Waals surface area contributed by atoms with Crippen molar-refractivity contribution in [1.29, 1.82) is 0 Å². The summed E-state index contributed by atoms with van der Waals surface area (Å²) in [6, 6.07) is 0. The molecule has 68 valence electrons. The van der Waals surface area contributed by atoms with E-state index < -0.39 is 0 Å². The summed E-state index contributed by atoms with van der Waals surface area (Å²) in [5.74, 6) is 0.741. The zero-order chi connectivity index (χ0) is 8.39. The fourth-order valence-electron chi connectivity index (χ4n) is 2.20. The topological polar surface area (TPSA) is 6.48 Å². The van der Waals surface area contributed by atoms with Gasteiger partial charge in [0.1, 0.15) is 0 Å². The van der Waals surface area contributed by atoms with Gasteiger partial charge in [0.2, 0.25) is 0 Å². The van der Waals surface area contributed by atoms with E-state index in [1.54, 1.807) is 0 Å². The third-order valence-electron chi connectivity index (χ3n) is 3.02. The maximum atomic E-state index is 3.86. The van der Waals surface area contributed by atoms with Crippen molar-refractivity contribution in [2.45, 2.75) is 19.3 Å². The molecule has 0 aromatic carbocycles. The Labute approximate surface area is 74.8 Å². The quantitative estimate of drug-likeness (QED) is 0.574. The maximum absolute atomic E-state index is 3.86. The summed E-state index contributed by atoms with van der Waals surface area (Å²) in [5.41, 5.74) is 0. The van der Waals surface area contributed by atoms with Crippen molar-refractivity contribution in [3.05, 3.63) is 12.7 Å². The Morgan fingerprint density at radius 3 is 2.42 bits per heavy atom. The van der Waals surface area contributed by atoms with Crippen LogP contribution in [0.3, 0.4) is 0 Å². The molecular formula is C10H18N2. The molecule has 12 heavy (non-hydrogen) atoms. The molecule has 0 radical (unpaired) electrons. The van der Waals surface area contributed by atoms with Gasteiger partial charge < -0.3 is 0 Å². The molecule has 2 saturated heterocycles. The van der Waals surface area contributed by atoms with Crippen LogP contribution < -0.4 is 0 Å². The Morgan fingerprint density at radius 2 is 1.83 bits per heavy atom. The summed E-state index contributed by atoms with van der Waals surface area (Å²) < 4.78 is 0. The van der Waals surface area contributed by atoms with Crippen molar-refractivity contribution in [2.75, 3.05) is 26.2 Å². The van der Waals surface area contributed by atoms with Gasteiger partial charge in [-0.25, -0.2) is 10.0 Å². The Morgan fingerprint density at radius 1 is 1.08 bits per heavy atom. The summed E-state index contributed by atoms with van der Waals surface area (Å²) in [6.07, 6.45) is 6.18. The molecule has 0 spiro atoms. The second kappa shape index (κ2) is 3.58. The Bertz CT molecular complexity index is 161. The zero-order valence-electron chi connectivity index (χ0n) is 7.71. The number of hydrogen-bond donors (Lipinski definition) is 0. The van der Waals surface area contributed by atoms with Gasteiger partial charge in [0.15, 0.2) is 0 Å². The Kier molecular flexibility index (Phi) is 2.47. The molecule has 1 atom stereocenters. The monoisotopic (exact) mass is 166 g/mol. The maximum Gasteiger partial charge on any atom is 0.0196 e. The summed E-state index contributed by atoms with van der Waals surface area (Å²) in [7, 11) is 0. The van der Waals surface area contributed by atoms with Gasteiger partial charge in [-0.2, -0.15) is 0 Å². The first-order valence-electron chi connectivity index (χ1n) is 5.02. The molecule has 0 saturated carbocycles. The van der Waals surface area contributed by atoms with E-state index in [0.29, 0.717) is 0 Å². The third-order valence-corrected chi connectivity index (χ3v) is 3.02. The molecule has 0 aromatic heterocycles. The van der Waals surface area contributed by atoms with Gasteiger partial charge in [0.25, 0.3) is 0 Å². The van der Waals surface area contributed by atoms with Gasteiger partial charge in [-0.1, -0.05) is 6.08 Å². The molecule has 2 aliphatic rings. The molecule has 2 heteroatoms. The van der Waals surface area contributed by atoms with Gasteiger partial charge >= 0.3 is 0 Å². The Balaban J connectivity index is 1.85. The number of hydrazine groups is 1. The smallest absolute Gasteiger partial charge is 0.0196 e. The molecular weight excluding hydrogens is 148 g/mol.